The van der Waals surface area contributed by atoms with Gasteiger partial charge in [0.2, 0.25) is 0 Å². The van der Waals surface area contributed by atoms with Gasteiger partial charge in [0.1, 0.15) is 17.1 Å². The molecule has 0 saturated heterocycles. The molecule has 0 aliphatic rings. The number of hydrogen-bond acceptors (Lipinski definition) is 3. The normalized spacial score (nSPS) is 11.6. The van der Waals surface area contributed by atoms with Crippen molar-refractivity contribution in [3.8, 4) is 0 Å². The monoisotopic (exact) mass is 218 g/mol. The summed E-state index contributed by atoms with van der Waals surface area (Å²) >= 11 is 0. The maximum Gasteiger partial charge on any atom is 0.174 e. The van der Waals surface area contributed by atoms with Gasteiger partial charge in [-0.2, -0.15) is 0 Å². The van der Waals surface area contributed by atoms with Gasteiger partial charge in [-0.15, -0.1) is 0 Å². The van der Waals surface area contributed by atoms with Crippen LogP contribution in [-0.4, -0.2) is 9.97 Å². The van der Waals surface area contributed by atoms with Crippen molar-refractivity contribution in [3.63, 3.8) is 0 Å². The van der Waals surface area contributed by atoms with Crippen molar-refractivity contribution >= 4 is 11.1 Å². The molecule has 0 radical (unpaired) electrons. The van der Waals surface area contributed by atoms with Crippen LogP contribution in [0.3, 0.4) is 0 Å². The Morgan fingerprint density at radius 3 is 2.50 bits per heavy atom. The molecule has 16 heavy (non-hydrogen) atoms. The van der Waals surface area contributed by atoms with Crippen LogP contribution in [0.15, 0.2) is 10.5 Å². The van der Waals surface area contributed by atoms with E-state index in [9.17, 15) is 0 Å². The van der Waals surface area contributed by atoms with E-state index in [0.717, 1.165) is 41.2 Å². The van der Waals surface area contributed by atoms with Crippen LogP contribution in [0.1, 0.15) is 50.9 Å². The maximum atomic E-state index is 5.75. The Bertz CT molecular complexity index is 500. The summed E-state index contributed by atoms with van der Waals surface area (Å²) < 4.78 is 5.75. The van der Waals surface area contributed by atoms with Gasteiger partial charge in [0.05, 0.1) is 5.69 Å². The van der Waals surface area contributed by atoms with Crippen LogP contribution in [0.4, 0.5) is 0 Å². The van der Waals surface area contributed by atoms with Gasteiger partial charge >= 0.3 is 0 Å². The van der Waals surface area contributed by atoms with E-state index in [2.05, 4.69) is 37.7 Å². The molecule has 0 N–H and O–H groups in total. The van der Waals surface area contributed by atoms with Crippen LogP contribution in [0.25, 0.3) is 11.1 Å². The highest BCUT2D eigenvalue weighted by atomic mass is 16.3. The Labute approximate surface area is 95.9 Å². The Morgan fingerprint density at radius 2 is 1.94 bits per heavy atom. The van der Waals surface area contributed by atoms with E-state index in [1.807, 2.05) is 6.07 Å². The van der Waals surface area contributed by atoms with Gasteiger partial charge in [0.15, 0.2) is 5.58 Å². The molecule has 0 spiro atoms. The standard InChI is InChI=1S/C13H18N2O/c1-5-9-7-11-12(16-9)10(6-2)14-13(15-11)8(3)4/h7-8H,5-6H2,1-4H3. The Kier molecular flexibility index (Phi) is 2.95. The average Bonchev–Trinajstić information content (AvgIpc) is 2.70. The van der Waals surface area contributed by atoms with Crippen molar-refractivity contribution in [2.45, 2.75) is 46.5 Å². The molecule has 0 fully saturated rings. The number of fused-ring (bicyclic) bond motifs is 1. The first-order valence-corrected chi connectivity index (χ1v) is 5.94. The van der Waals surface area contributed by atoms with Gasteiger partial charge in [-0.25, -0.2) is 9.97 Å². The number of furan rings is 1. The van der Waals surface area contributed by atoms with Gasteiger partial charge < -0.3 is 4.42 Å². The number of rotatable bonds is 3. The molecule has 86 valence electrons. The van der Waals surface area contributed by atoms with Crippen LogP contribution in [-0.2, 0) is 12.8 Å². The van der Waals surface area contributed by atoms with Crippen molar-refractivity contribution in [2.75, 3.05) is 0 Å². The molecule has 2 aromatic rings. The number of aryl methyl sites for hydroxylation is 2. The molecule has 0 unspecified atom stereocenters. The molecule has 3 heteroatoms. The zero-order valence-electron chi connectivity index (χ0n) is 10.4. The molecule has 0 amide bonds. The fourth-order valence-electron chi connectivity index (χ4n) is 1.73. The number of aromatic nitrogens is 2. The zero-order chi connectivity index (χ0) is 11.7. The molecule has 2 heterocycles. The van der Waals surface area contributed by atoms with Crippen LogP contribution in [0, 0.1) is 0 Å². The van der Waals surface area contributed by atoms with Crippen LogP contribution >= 0.6 is 0 Å². The molecule has 0 atom stereocenters. The van der Waals surface area contributed by atoms with Gasteiger partial charge in [-0.05, 0) is 6.42 Å². The quantitative estimate of drug-likeness (QED) is 0.791. The summed E-state index contributed by atoms with van der Waals surface area (Å²) in [6.07, 6.45) is 1.78. The lowest BCUT2D eigenvalue weighted by atomic mass is 10.2. The molecule has 3 nitrogen and oxygen atoms in total. The third-order valence-corrected chi connectivity index (χ3v) is 2.71. The van der Waals surface area contributed by atoms with Crippen molar-refractivity contribution in [2.24, 2.45) is 0 Å². The minimum absolute atomic E-state index is 0.356. The highest BCUT2D eigenvalue weighted by molar-refractivity contribution is 5.75. The minimum atomic E-state index is 0.356. The molecule has 2 rings (SSSR count). The molecular formula is C13H18N2O. The third-order valence-electron chi connectivity index (χ3n) is 2.71. The first kappa shape index (κ1) is 11.1. The highest BCUT2D eigenvalue weighted by Gasteiger charge is 2.13. The lowest BCUT2D eigenvalue weighted by Gasteiger charge is -2.05. The van der Waals surface area contributed by atoms with Crippen molar-refractivity contribution in [1.29, 1.82) is 0 Å². The highest BCUT2D eigenvalue weighted by Crippen LogP contribution is 2.23. The van der Waals surface area contributed by atoms with E-state index >= 15 is 0 Å². The summed E-state index contributed by atoms with van der Waals surface area (Å²) in [4.78, 5) is 9.11. The Morgan fingerprint density at radius 1 is 1.19 bits per heavy atom. The SMILES string of the molecule is CCc1cc2nc(C(C)C)nc(CC)c2o1. The van der Waals surface area contributed by atoms with Crippen molar-refractivity contribution in [1.82, 2.24) is 9.97 Å². The molecular weight excluding hydrogens is 200 g/mol. The number of hydrogen-bond donors (Lipinski definition) is 0. The van der Waals surface area contributed by atoms with Crippen LogP contribution in [0.2, 0.25) is 0 Å². The van der Waals surface area contributed by atoms with Gasteiger partial charge in [-0.3, -0.25) is 0 Å². The molecule has 0 bridgehead atoms. The fourth-order valence-corrected chi connectivity index (χ4v) is 1.73. The number of nitrogens with zero attached hydrogens (tertiary/aromatic N) is 2. The largest absolute Gasteiger partial charge is 0.457 e. The van der Waals surface area contributed by atoms with E-state index in [-0.39, 0.29) is 0 Å². The predicted octanol–water partition coefficient (Wildman–Crippen LogP) is 3.47. The second-order valence-electron chi connectivity index (χ2n) is 4.32. The topological polar surface area (TPSA) is 38.9 Å². The van der Waals surface area contributed by atoms with Gasteiger partial charge in [0.25, 0.3) is 0 Å². The second kappa shape index (κ2) is 4.24. The zero-order valence-corrected chi connectivity index (χ0v) is 10.4. The minimum Gasteiger partial charge on any atom is -0.457 e. The smallest absolute Gasteiger partial charge is 0.174 e. The molecule has 0 aliphatic carbocycles. The third kappa shape index (κ3) is 1.82. The van der Waals surface area contributed by atoms with Crippen molar-refractivity contribution in [3.05, 3.63) is 23.3 Å². The predicted molar refractivity (Wildman–Crippen MR) is 64.6 cm³/mol. The summed E-state index contributed by atoms with van der Waals surface area (Å²) in [5.41, 5.74) is 2.84. The first-order valence-electron chi connectivity index (χ1n) is 5.94. The summed E-state index contributed by atoms with van der Waals surface area (Å²) in [5, 5.41) is 0. The Balaban J connectivity index is 2.66. The Hall–Kier alpha value is -1.38. The van der Waals surface area contributed by atoms with Gasteiger partial charge in [-0.1, -0.05) is 27.7 Å². The summed E-state index contributed by atoms with van der Waals surface area (Å²) in [6.45, 7) is 8.41. The maximum absolute atomic E-state index is 5.75. The second-order valence-corrected chi connectivity index (χ2v) is 4.32. The summed E-state index contributed by atoms with van der Waals surface area (Å²) in [5.74, 6) is 2.25. The lowest BCUT2D eigenvalue weighted by Crippen LogP contribution is -2.00. The molecule has 2 aromatic heterocycles. The molecule has 0 aromatic carbocycles. The van der Waals surface area contributed by atoms with Crippen LogP contribution < -0.4 is 0 Å². The average molecular weight is 218 g/mol. The summed E-state index contributed by atoms with van der Waals surface area (Å²) in [6, 6.07) is 2.03. The van der Waals surface area contributed by atoms with E-state index < -0.39 is 0 Å². The summed E-state index contributed by atoms with van der Waals surface area (Å²) in [7, 11) is 0. The first-order chi connectivity index (χ1) is 7.65. The fraction of sp³-hybridized carbons (Fsp3) is 0.538. The van der Waals surface area contributed by atoms with Gasteiger partial charge in [0, 0.05) is 18.4 Å². The van der Waals surface area contributed by atoms with E-state index in [1.165, 1.54) is 0 Å². The van der Waals surface area contributed by atoms with Crippen LogP contribution in [0.5, 0.6) is 0 Å². The van der Waals surface area contributed by atoms with E-state index in [1.54, 1.807) is 0 Å². The van der Waals surface area contributed by atoms with E-state index in [4.69, 9.17) is 4.42 Å². The molecule has 0 saturated carbocycles. The molecule has 0 aliphatic heterocycles. The van der Waals surface area contributed by atoms with E-state index in [0.29, 0.717) is 5.92 Å². The lowest BCUT2D eigenvalue weighted by molar-refractivity contribution is 0.550. The van der Waals surface area contributed by atoms with Crippen molar-refractivity contribution < 1.29 is 4.42 Å².